The molecule has 11 atom stereocenters. The largest absolute Gasteiger partial charge is 0.469 e. The van der Waals surface area contributed by atoms with Gasteiger partial charge >= 0.3 is 11.9 Å². The number of benzene rings is 1. The third kappa shape index (κ3) is 5.28. The molecule has 0 aliphatic heterocycles. The van der Waals surface area contributed by atoms with Crippen molar-refractivity contribution in [1.29, 1.82) is 0 Å². The Morgan fingerprint density at radius 1 is 1.05 bits per heavy atom. The Labute approximate surface area is 256 Å². The van der Waals surface area contributed by atoms with Crippen LogP contribution in [0, 0.1) is 61.7 Å². The van der Waals surface area contributed by atoms with Crippen LogP contribution < -0.4 is 0 Å². The minimum atomic E-state index is -0.138. The van der Waals surface area contributed by atoms with E-state index in [0.29, 0.717) is 58.8 Å². The molecule has 4 aliphatic carbocycles. The van der Waals surface area contributed by atoms with Crippen LogP contribution in [0.5, 0.6) is 0 Å². The Morgan fingerprint density at radius 3 is 2.48 bits per heavy atom. The molecule has 4 fully saturated rings. The van der Waals surface area contributed by atoms with E-state index in [4.69, 9.17) is 9.47 Å². The van der Waals surface area contributed by atoms with Crippen molar-refractivity contribution in [2.45, 2.75) is 105 Å². The van der Waals surface area contributed by atoms with Crippen LogP contribution in [0.15, 0.2) is 24.3 Å². The van der Waals surface area contributed by atoms with E-state index in [9.17, 15) is 9.59 Å². The van der Waals surface area contributed by atoms with Gasteiger partial charge in [-0.2, -0.15) is 0 Å². The van der Waals surface area contributed by atoms with Gasteiger partial charge < -0.3 is 9.47 Å². The van der Waals surface area contributed by atoms with E-state index in [1.165, 1.54) is 52.1 Å². The van der Waals surface area contributed by atoms with Crippen LogP contribution in [0.1, 0.15) is 109 Å². The summed E-state index contributed by atoms with van der Waals surface area (Å²) in [4.78, 5) is 25.7. The Morgan fingerprint density at radius 2 is 1.77 bits per heavy atom. The third-order valence-corrected chi connectivity index (χ3v) is 13.4. The maximum absolute atomic E-state index is 13.8. The van der Waals surface area contributed by atoms with Gasteiger partial charge in [-0.1, -0.05) is 47.1 Å². The number of carbonyl (C=O) groups is 2. The van der Waals surface area contributed by atoms with Crippen LogP contribution in [0.4, 0.5) is 0 Å². The van der Waals surface area contributed by atoms with E-state index in [0.717, 1.165) is 22.3 Å². The van der Waals surface area contributed by atoms with Crippen molar-refractivity contribution in [2.75, 3.05) is 7.11 Å². The molecule has 40 heavy (non-hydrogen) atoms. The lowest BCUT2D eigenvalue weighted by Gasteiger charge is -2.65. The van der Waals surface area contributed by atoms with Crippen molar-refractivity contribution in [3.8, 4) is 0 Å². The molecule has 0 heterocycles. The molecule has 4 saturated carbocycles. The second-order valence-corrected chi connectivity index (χ2v) is 15.8. The summed E-state index contributed by atoms with van der Waals surface area (Å²) in [6.07, 6.45) is 11.3. The summed E-state index contributed by atoms with van der Waals surface area (Å²) < 4.78 is 12.8. The average molecular weight is 663 g/mol. The summed E-state index contributed by atoms with van der Waals surface area (Å²) in [5.41, 5.74) is 1.24. The second kappa shape index (κ2) is 11.9. The monoisotopic (exact) mass is 662 g/mol. The van der Waals surface area contributed by atoms with Crippen molar-refractivity contribution in [1.82, 2.24) is 0 Å². The molecule has 3 unspecified atom stereocenters. The number of halogens is 1. The number of carbonyl (C=O) groups excluding carboxylic acids is 2. The fraction of sp³-hybridized carbons (Fsp3) is 0.771. The molecular weight excluding hydrogens is 611 g/mol. The number of rotatable bonds is 7. The number of fused-ring (bicyclic) bond motifs is 5. The highest BCUT2D eigenvalue weighted by molar-refractivity contribution is 14.1. The minimum absolute atomic E-state index is 0.0162. The van der Waals surface area contributed by atoms with Gasteiger partial charge in [-0.3, -0.25) is 4.79 Å². The summed E-state index contributed by atoms with van der Waals surface area (Å²) >= 11 is 2.29. The van der Waals surface area contributed by atoms with E-state index in [1.54, 1.807) is 0 Å². The van der Waals surface area contributed by atoms with E-state index < -0.39 is 0 Å². The lowest BCUT2D eigenvalue weighted by molar-refractivity contribution is -0.199. The molecule has 5 heteroatoms. The number of esters is 2. The highest BCUT2D eigenvalue weighted by Gasteiger charge is 2.65. The first-order valence-corrected chi connectivity index (χ1v) is 17.1. The first-order valence-electron chi connectivity index (χ1n) is 16.1. The summed E-state index contributed by atoms with van der Waals surface area (Å²) in [5.74, 6) is 4.24. The molecule has 0 spiro atoms. The summed E-state index contributed by atoms with van der Waals surface area (Å²) in [5, 5.41) is 0. The van der Waals surface area contributed by atoms with E-state index in [1.807, 2.05) is 24.3 Å². The summed E-state index contributed by atoms with van der Waals surface area (Å²) in [7, 11) is 1.49. The Bertz CT molecular complexity index is 1090. The smallest absolute Gasteiger partial charge is 0.338 e. The highest BCUT2D eigenvalue weighted by atomic mass is 127. The van der Waals surface area contributed by atoms with Crippen molar-refractivity contribution >= 4 is 34.5 Å². The molecule has 0 radical (unpaired) electrons. The number of methoxy groups -OCH3 is 1. The summed E-state index contributed by atoms with van der Waals surface area (Å²) in [6, 6.07) is 7.88. The maximum Gasteiger partial charge on any atom is 0.338 e. The Balaban J connectivity index is 1.49. The molecule has 0 N–H and O–H groups in total. The molecule has 222 valence electrons. The zero-order valence-corrected chi connectivity index (χ0v) is 27.7. The van der Waals surface area contributed by atoms with E-state index >= 15 is 0 Å². The minimum Gasteiger partial charge on any atom is -0.469 e. The van der Waals surface area contributed by atoms with Crippen molar-refractivity contribution in [2.24, 2.45) is 58.2 Å². The first-order chi connectivity index (χ1) is 19.0. The predicted octanol–water partition coefficient (Wildman–Crippen LogP) is 8.95. The molecule has 1 aromatic carbocycles. The molecule has 1 aromatic rings. The maximum atomic E-state index is 13.8. The van der Waals surface area contributed by atoms with Gasteiger partial charge in [0.15, 0.2) is 0 Å². The lowest BCUT2D eigenvalue weighted by Crippen LogP contribution is -2.62. The topological polar surface area (TPSA) is 52.6 Å². The third-order valence-electron chi connectivity index (χ3n) is 12.7. The van der Waals surface area contributed by atoms with Crippen molar-refractivity contribution in [3.63, 3.8) is 0 Å². The average Bonchev–Trinajstić information content (AvgIpc) is 3.29. The van der Waals surface area contributed by atoms with Crippen molar-refractivity contribution in [3.05, 3.63) is 33.4 Å². The molecule has 4 nitrogen and oxygen atoms in total. The fourth-order valence-corrected chi connectivity index (χ4v) is 11.3. The van der Waals surface area contributed by atoms with Crippen LogP contribution in [0.25, 0.3) is 0 Å². The highest BCUT2D eigenvalue weighted by Crippen LogP contribution is 2.70. The molecule has 0 saturated heterocycles. The van der Waals surface area contributed by atoms with Gasteiger partial charge in [0.1, 0.15) is 6.10 Å². The number of hydrogen-bond acceptors (Lipinski definition) is 4. The van der Waals surface area contributed by atoms with Crippen LogP contribution in [-0.2, 0) is 14.3 Å². The van der Waals surface area contributed by atoms with Gasteiger partial charge in [-0.15, -0.1) is 0 Å². The SMILES string of the molecule is CC[C@H]1[C@@H](OC(=O)c2cccc(I)c2)C2C3CC[C@H]([C@H](C)CCC(=O)OC)[C@@]3(C)CCC2[C@@]2(C)CC[C@@H](C)C[C@@H]12. The molecular formula is C35H51IO4. The van der Waals surface area contributed by atoms with Gasteiger partial charge in [-0.25, -0.2) is 4.79 Å². The van der Waals surface area contributed by atoms with Crippen LogP contribution in [-0.4, -0.2) is 25.2 Å². The second-order valence-electron chi connectivity index (χ2n) is 14.6. The summed E-state index contributed by atoms with van der Waals surface area (Å²) in [6.45, 7) is 12.3. The van der Waals surface area contributed by atoms with E-state index in [-0.39, 0.29) is 23.5 Å². The zero-order valence-electron chi connectivity index (χ0n) is 25.6. The first kappa shape index (κ1) is 30.4. The quantitative estimate of drug-likeness (QED) is 0.216. The van der Waals surface area contributed by atoms with Gasteiger partial charge in [0.2, 0.25) is 0 Å². The van der Waals surface area contributed by atoms with Crippen LogP contribution >= 0.6 is 22.6 Å². The van der Waals surface area contributed by atoms with Crippen molar-refractivity contribution < 1.29 is 19.1 Å². The molecule has 0 bridgehead atoms. The predicted molar refractivity (Wildman–Crippen MR) is 168 cm³/mol. The Kier molecular flexibility index (Phi) is 9.01. The van der Waals surface area contributed by atoms with E-state index in [2.05, 4.69) is 57.2 Å². The lowest BCUT2D eigenvalue weighted by atomic mass is 9.41. The standard InChI is InChI=1S/C35H51IO4/c1-7-25-29-19-21(2)15-17-35(29,5)28-16-18-34(4)26(22(3)11-14-30(37)39-6)12-13-27(34)31(28)32(25)40-33(38)23-9-8-10-24(36)20-23/h8-10,20-22,25-29,31-32H,7,11-19H2,1-6H3/t21-,22-,25-,26-,27?,28?,29+,31?,32-,34-,35-/m1/s1. The van der Waals surface area contributed by atoms with Gasteiger partial charge in [0.25, 0.3) is 0 Å². The van der Waals surface area contributed by atoms with Gasteiger partial charge in [0.05, 0.1) is 12.7 Å². The molecule has 4 aliphatic rings. The molecule has 0 aromatic heterocycles. The van der Waals surface area contributed by atoms with Gasteiger partial charge in [-0.05, 0) is 144 Å². The van der Waals surface area contributed by atoms with Crippen LogP contribution in [0.2, 0.25) is 0 Å². The zero-order chi connectivity index (χ0) is 28.8. The molecule has 0 amide bonds. The van der Waals surface area contributed by atoms with Crippen LogP contribution in [0.3, 0.4) is 0 Å². The normalized spacial score (nSPS) is 41.3. The van der Waals surface area contributed by atoms with Gasteiger partial charge in [0, 0.05) is 15.9 Å². The number of ether oxygens (including phenoxy) is 2. The Hall–Kier alpha value is -1.11. The molecule has 5 rings (SSSR count). The number of hydrogen-bond donors (Lipinski definition) is 0. The fourth-order valence-electron chi connectivity index (χ4n) is 10.7.